The van der Waals surface area contributed by atoms with Crippen LogP contribution in [0.15, 0.2) is 59.8 Å². The Morgan fingerprint density at radius 2 is 1.72 bits per heavy atom. The molecule has 0 amide bonds. The van der Waals surface area contributed by atoms with E-state index in [2.05, 4.69) is 5.32 Å². The summed E-state index contributed by atoms with van der Waals surface area (Å²) in [6.45, 7) is 2.61. The van der Waals surface area contributed by atoms with Crippen molar-refractivity contribution in [2.75, 3.05) is 33.3 Å². The molecule has 0 aliphatic rings. The van der Waals surface area contributed by atoms with Gasteiger partial charge in [0.15, 0.2) is 0 Å². The number of ketones is 1. The van der Waals surface area contributed by atoms with Crippen molar-refractivity contribution in [3.63, 3.8) is 0 Å². The van der Waals surface area contributed by atoms with E-state index in [0.717, 1.165) is 18.4 Å². The van der Waals surface area contributed by atoms with E-state index < -0.39 is 6.04 Å². The second-order valence-electron chi connectivity index (χ2n) is 7.33. The predicted molar refractivity (Wildman–Crippen MR) is 133 cm³/mol. The van der Waals surface area contributed by atoms with Crippen molar-refractivity contribution in [3.05, 3.63) is 65.4 Å². The van der Waals surface area contributed by atoms with Gasteiger partial charge in [0.05, 0.1) is 19.9 Å². The summed E-state index contributed by atoms with van der Waals surface area (Å²) in [6, 6.07) is 14.1. The third-order valence-electron chi connectivity index (χ3n) is 5.36. The van der Waals surface area contributed by atoms with E-state index in [9.17, 15) is 4.79 Å². The number of thiocarbonyl (C=S) groups is 1. The number of Topliss-reactive ketones (excluding diaryl/α,β-unsaturated/α-hetero) is 1. The van der Waals surface area contributed by atoms with Crippen molar-refractivity contribution in [1.29, 1.82) is 0 Å². The van der Waals surface area contributed by atoms with Crippen molar-refractivity contribution in [3.8, 4) is 11.5 Å². The summed E-state index contributed by atoms with van der Waals surface area (Å²) in [5.74, 6) is 1.02. The second-order valence-corrected chi connectivity index (χ2v) is 7.56. The third-order valence-corrected chi connectivity index (χ3v) is 5.62. The molecule has 2 rings (SSSR count). The minimum Gasteiger partial charge on any atom is -0.497 e. The number of nitrogens with one attached hydrogen (secondary N) is 1. The van der Waals surface area contributed by atoms with Crippen LogP contribution >= 0.6 is 12.2 Å². The Bertz CT molecular complexity index is 909. The summed E-state index contributed by atoms with van der Waals surface area (Å²) in [5, 5.41) is 4.83. The number of benzene rings is 2. The maximum atomic E-state index is 13.6. The number of hydrogen-bond acceptors (Lipinski definition) is 7. The van der Waals surface area contributed by atoms with Crippen LogP contribution in [0.2, 0.25) is 0 Å². The molecule has 6 nitrogen and oxygen atoms in total. The molecule has 32 heavy (non-hydrogen) atoms. The van der Waals surface area contributed by atoms with E-state index in [1.165, 1.54) is 5.37 Å². The van der Waals surface area contributed by atoms with E-state index in [4.69, 9.17) is 32.2 Å². The molecule has 2 aromatic carbocycles. The summed E-state index contributed by atoms with van der Waals surface area (Å²) < 4.78 is 15.9. The van der Waals surface area contributed by atoms with Crippen molar-refractivity contribution in [2.45, 2.75) is 25.8 Å². The zero-order valence-corrected chi connectivity index (χ0v) is 19.9. The fraction of sp³-hybridized carbons (Fsp3) is 0.360. The summed E-state index contributed by atoms with van der Waals surface area (Å²) in [4.78, 5) is 13.6. The molecule has 0 saturated heterocycles. The first kappa shape index (κ1) is 25.4. The first-order chi connectivity index (χ1) is 15.5. The lowest BCUT2D eigenvalue weighted by atomic mass is 9.89. The van der Waals surface area contributed by atoms with E-state index >= 15 is 0 Å². The minimum absolute atomic E-state index is 0.0461. The zero-order valence-electron chi connectivity index (χ0n) is 19.1. The van der Waals surface area contributed by atoms with Gasteiger partial charge in [0.1, 0.15) is 17.5 Å². The van der Waals surface area contributed by atoms with Crippen LogP contribution in [0.25, 0.3) is 0 Å². The molecule has 0 aromatic heterocycles. The zero-order chi connectivity index (χ0) is 23.5. The Morgan fingerprint density at radius 1 is 1.09 bits per heavy atom. The molecular formula is C25H32N2O4S. The maximum absolute atomic E-state index is 13.6. The molecule has 0 aliphatic heterocycles. The monoisotopic (exact) mass is 456 g/mol. The van der Waals surface area contributed by atoms with Crippen molar-refractivity contribution in [1.82, 2.24) is 0 Å². The number of hydrogen-bond donors (Lipinski definition) is 2. The normalized spacial score (nSPS) is 13.5. The van der Waals surface area contributed by atoms with Gasteiger partial charge in [-0.2, -0.15) is 0 Å². The van der Waals surface area contributed by atoms with Crippen LogP contribution in [0.4, 0.5) is 5.69 Å². The third kappa shape index (κ3) is 6.55. The highest BCUT2D eigenvalue weighted by molar-refractivity contribution is 7.79. The Kier molecular flexibility index (Phi) is 10.2. The summed E-state index contributed by atoms with van der Waals surface area (Å²) in [7, 11) is 4.81. The quantitative estimate of drug-likeness (QED) is 0.334. The summed E-state index contributed by atoms with van der Waals surface area (Å²) >= 11 is 5.25. The number of carbonyl (C=O) groups is 1. The number of carbonyl (C=O) groups excluding carboxylic acids is 1. The smallest absolute Gasteiger partial charge is 0.205 e. The minimum atomic E-state index is -0.710. The molecule has 0 heterocycles. The second kappa shape index (κ2) is 12.8. The van der Waals surface area contributed by atoms with E-state index in [1.54, 1.807) is 39.5 Å². The Labute approximate surface area is 195 Å². The average molecular weight is 457 g/mol. The molecule has 0 radical (unpaired) electrons. The number of methoxy groups -OCH3 is 3. The highest BCUT2D eigenvalue weighted by atomic mass is 32.1. The average Bonchev–Trinajstić information content (AvgIpc) is 2.84. The first-order valence-electron chi connectivity index (χ1n) is 10.5. The van der Waals surface area contributed by atoms with E-state index in [1.807, 2.05) is 37.3 Å². The Morgan fingerprint density at radius 3 is 2.22 bits per heavy atom. The number of nitrogens with two attached hydrogens (primary N) is 1. The highest BCUT2D eigenvalue weighted by Crippen LogP contribution is 2.30. The van der Waals surface area contributed by atoms with Gasteiger partial charge in [0.25, 0.3) is 0 Å². The van der Waals surface area contributed by atoms with Crippen LogP contribution in [0.3, 0.4) is 0 Å². The maximum Gasteiger partial charge on any atom is 0.205 e. The van der Waals surface area contributed by atoms with Crippen molar-refractivity contribution >= 4 is 29.1 Å². The molecule has 7 heteroatoms. The number of ether oxygens (including phenoxy) is 3. The Hall–Kier alpha value is -2.90. The van der Waals surface area contributed by atoms with Crippen LogP contribution in [0.1, 0.15) is 31.4 Å². The predicted octanol–water partition coefficient (Wildman–Crippen LogP) is 4.70. The van der Waals surface area contributed by atoms with E-state index in [0.29, 0.717) is 29.4 Å². The van der Waals surface area contributed by atoms with Crippen LogP contribution in [0.5, 0.6) is 11.5 Å². The molecule has 0 bridgehead atoms. The number of rotatable bonds is 13. The van der Waals surface area contributed by atoms with Crippen LogP contribution < -0.4 is 20.5 Å². The number of anilines is 1. The van der Waals surface area contributed by atoms with Gasteiger partial charge in [-0.15, -0.1) is 0 Å². The molecule has 0 aliphatic carbocycles. The van der Waals surface area contributed by atoms with Gasteiger partial charge < -0.3 is 25.3 Å². The molecule has 2 atom stereocenters. The van der Waals surface area contributed by atoms with Gasteiger partial charge in [-0.05, 0) is 29.9 Å². The molecule has 2 aromatic rings. The first-order valence-corrected chi connectivity index (χ1v) is 11.0. The lowest BCUT2D eigenvalue weighted by Gasteiger charge is -2.23. The fourth-order valence-corrected chi connectivity index (χ4v) is 3.84. The SMILES string of the molecule is CCC(CCOC)C(C=S)=C(N)C(=O)C(Nc1cc(OC)cc(OC)c1)c1ccccc1. The summed E-state index contributed by atoms with van der Waals surface area (Å²) in [6.07, 6.45) is 1.54. The van der Waals surface area contributed by atoms with Gasteiger partial charge in [-0.1, -0.05) is 49.5 Å². The standard InChI is InChI=1S/C25H32N2O4S/c1-5-17(11-12-29-2)22(16-32)23(26)25(28)24(18-9-7-6-8-10-18)27-19-13-20(30-3)15-21(14-19)31-4/h6-10,13-17,24,27H,5,11-12,26H2,1-4H3. The van der Waals surface area contributed by atoms with E-state index in [-0.39, 0.29) is 17.4 Å². The van der Waals surface area contributed by atoms with Gasteiger partial charge in [-0.3, -0.25) is 4.79 Å². The topological polar surface area (TPSA) is 82.8 Å². The molecule has 0 fully saturated rings. The van der Waals surface area contributed by atoms with Crippen LogP contribution in [-0.2, 0) is 9.53 Å². The van der Waals surface area contributed by atoms with Gasteiger partial charge in [0.2, 0.25) is 5.78 Å². The van der Waals surface area contributed by atoms with Gasteiger partial charge in [-0.25, -0.2) is 0 Å². The van der Waals surface area contributed by atoms with Crippen LogP contribution in [0, 0.1) is 5.92 Å². The van der Waals surface area contributed by atoms with Gasteiger partial charge >= 0.3 is 0 Å². The van der Waals surface area contributed by atoms with Gasteiger partial charge in [0, 0.05) is 43.0 Å². The molecule has 3 N–H and O–H groups in total. The number of allylic oxidation sites excluding steroid dienone is 1. The molecule has 0 saturated carbocycles. The van der Waals surface area contributed by atoms with Crippen molar-refractivity contribution < 1.29 is 19.0 Å². The Balaban J connectivity index is 2.49. The van der Waals surface area contributed by atoms with Crippen molar-refractivity contribution in [2.24, 2.45) is 11.7 Å². The lowest BCUT2D eigenvalue weighted by molar-refractivity contribution is -0.116. The van der Waals surface area contributed by atoms with Crippen LogP contribution in [-0.4, -0.2) is 39.1 Å². The largest absolute Gasteiger partial charge is 0.497 e. The molecule has 0 spiro atoms. The molecular weight excluding hydrogens is 424 g/mol. The molecule has 172 valence electrons. The highest BCUT2D eigenvalue weighted by Gasteiger charge is 2.26. The lowest BCUT2D eigenvalue weighted by Crippen LogP contribution is -2.29. The fourth-order valence-electron chi connectivity index (χ4n) is 3.52. The summed E-state index contributed by atoms with van der Waals surface area (Å²) in [5.41, 5.74) is 8.73. The molecule has 2 unspecified atom stereocenters.